The minimum atomic E-state index is -4.59. The number of nitrogens with zero attached hydrogens (tertiary/aromatic N) is 3. The molecule has 1 aliphatic heterocycles. The Hall–Kier alpha value is -2.27. The van der Waals surface area contributed by atoms with Crippen molar-refractivity contribution in [3.8, 4) is 11.8 Å². The zero-order valence-corrected chi connectivity index (χ0v) is 18.8. The summed E-state index contributed by atoms with van der Waals surface area (Å²) in [6.07, 6.45) is 1.77. The minimum absolute atomic E-state index is 0.359. The second kappa shape index (κ2) is 10.9. The number of rotatable bonds is 8. The van der Waals surface area contributed by atoms with Crippen molar-refractivity contribution < 1.29 is 17.9 Å². The summed E-state index contributed by atoms with van der Waals surface area (Å²) < 4.78 is 45.4. The van der Waals surface area contributed by atoms with E-state index in [0.29, 0.717) is 31.3 Å². The average molecular weight is 496 g/mol. The number of pyridine rings is 1. The molecule has 0 unspecified atom stereocenters. The van der Waals surface area contributed by atoms with Gasteiger partial charge in [0.05, 0.1) is 24.1 Å². The van der Waals surface area contributed by atoms with Crippen molar-refractivity contribution in [1.29, 1.82) is 5.26 Å². The smallest absolute Gasteiger partial charge is 0.419 e. The molecule has 0 spiro atoms. The maximum atomic E-state index is 13.2. The molecule has 1 aliphatic rings. The highest BCUT2D eigenvalue weighted by Gasteiger charge is 2.35. The van der Waals surface area contributed by atoms with Gasteiger partial charge >= 0.3 is 6.18 Å². The summed E-state index contributed by atoms with van der Waals surface area (Å²) in [6, 6.07) is 10.7. The second-order valence-electron chi connectivity index (χ2n) is 7.63. The van der Waals surface area contributed by atoms with Gasteiger partial charge < -0.3 is 9.64 Å². The maximum absolute atomic E-state index is 13.2. The molecular weight excluding hydrogens is 471 g/mol. The largest absolute Gasteiger partial charge is 0.494 e. The molecule has 166 valence electrons. The molecule has 8 heteroatoms. The Morgan fingerprint density at radius 1 is 1.13 bits per heavy atom. The van der Waals surface area contributed by atoms with Crippen LogP contribution in [0.5, 0.6) is 5.75 Å². The number of unbranched alkanes of at least 4 members (excludes halogenated alkanes) is 2. The van der Waals surface area contributed by atoms with Crippen LogP contribution in [0, 0.1) is 11.3 Å². The Morgan fingerprint density at radius 3 is 2.45 bits per heavy atom. The van der Waals surface area contributed by atoms with Crippen molar-refractivity contribution in [3.63, 3.8) is 0 Å². The van der Waals surface area contributed by atoms with Crippen molar-refractivity contribution in [2.75, 3.05) is 29.9 Å². The van der Waals surface area contributed by atoms with Crippen molar-refractivity contribution >= 4 is 21.6 Å². The van der Waals surface area contributed by atoms with Crippen molar-refractivity contribution in [2.45, 2.75) is 44.2 Å². The van der Waals surface area contributed by atoms with E-state index in [9.17, 15) is 13.2 Å². The number of aromatic nitrogens is 1. The van der Waals surface area contributed by atoms with Gasteiger partial charge in [-0.15, -0.1) is 0 Å². The lowest BCUT2D eigenvalue weighted by Crippen LogP contribution is -2.33. The highest BCUT2D eigenvalue weighted by molar-refractivity contribution is 9.09. The van der Waals surface area contributed by atoms with Crippen LogP contribution in [0.25, 0.3) is 0 Å². The molecule has 1 aromatic carbocycles. The number of hydrogen-bond acceptors (Lipinski definition) is 4. The fourth-order valence-electron chi connectivity index (χ4n) is 3.80. The molecule has 1 fully saturated rings. The first-order chi connectivity index (χ1) is 14.9. The number of halogens is 4. The highest BCUT2D eigenvalue weighted by atomic mass is 79.9. The Labute approximate surface area is 189 Å². The zero-order valence-electron chi connectivity index (χ0n) is 17.2. The van der Waals surface area contributed by atoms with E-state index in [1.54, 1.807) is 0 Å². The third kappa shape index (κ3) is 6.36. The molecule has 0 amide bonds. The van der Waals surface area contributed by atoms with Crippen molar-refractivity contribution in [3.05, 3.63) is 53.3 Å². The van der Waals surface area contributed by atoms with Crippen LogP contribution < -0.4 is 9.64 Å². The summed E-state index contributed by atoms with van der Waals surface area (Å²) in [5.74, 6) is 1.22. The van der Waals surface area contributed by atoms with E-state index < -0.39 is 17.4 Å². The van der Waals surface area contributed by atoms with Crippen LogP contribution in [-0.4, -0.2) is 30.0 Å². The van der Waals surface area contributed by atoms with E-state index in [2.05, 4.69) is 33.0 Å². The van der Waals surface area contributed by atoms with E-state index in [0.717, 1.165) is 49.3 Å². The minimum Gasteiger partial charge on any atom is -0.494 e. The van der Waals surface area contributed by atoms with Crippen LogP contribution >= 0.6 is 15.9 Å². The zero-order chi connectivity index (χ0) is 22.3. The number of ether oxygens (including phenoxy) is 1. The first kappa shape index (κ1) is 23.4. The summed E-state index contributed by atoms with van der Waals surface area (Å²) in [4.78, 5) is 5.63. The Balaban J connectivity index is 1.56. The van der Waals surface area contributed by atoms with E-state index in [1.807, 2.05) is 17.0 Å². The molecule has 0 saturated carbocycles. The van der Waals surface area contributed by atoms with Crippen LogP contribution in [-0.2, 0) is 6.18 Å². The van der Waals surface area contributed by atoms with Gasteiger partial charge in [0.15, 0.2) is 5.69 Å². The van der Waals surface area contributed by atoms with Gasteiger partial charge in [-0.1, -0.05) is 28.1 Å². The first-order valence-electron chi connectivity index (χ1n) is 10.4. The Morgan fingerprint density at radius 2 is 1.84 bits per heavy atom. The molecule has 0 bridgehead atoms. The third-order valence-corrected chi connectivity index (χ3v) is 6.10. The number of benzene rings is 1. The van der Waals surface area contributed by atoms with Crippen LogP contribution in [0.2, 0.25) is 0 Å². The van der Waals surface area contributed by atoms with Gasteiger partial charge in [-0.3, -0.25) is 0 Å². The summed E-state index contributed by atoms with van der Waals surface area (Å²) in [6.45, 7) is 1.99. The Bertz CT molecular complexity index is 888. The number of alkyl halides is 4. The molecule has 1 aromatic heterocycles. The predicted molar refractivity (Wildman–Crippen MR) is 118 cm³/mol. The van der Waals surface area contributed by atoms with Crippen molar-refractivity contribution in [1.82, 2.24) is 4.98 Å². The fourth-order valence-corrected chi connectivity index (χ4v) is 4.20. The van der Waals surface area contributed by atoms with Crippen LogP contribution in [0.1, 0.15) is 54.8 Å². The van der Waals surface area contributed by atoms with Gasteiger partial charge in [0.1, 0.15) is 11.8 Å². The molecule has 0 N–H and O–H groups in total. The maximum Gasteiger partial charge on any atom is 0.419 e. The molecule has 2 aromatic rings. The molecular formula is C23H25BrF3N3O. The molecule has 1 saturated heterocycles. The van der Waals surface area contributed by atoms with Gasteiger partial charge in [-0.25, -0.2) is 4.98 Å². The molecule has 3 rings (SSSR count). The van der Waals surface area contributed by atoms with Gasteiger partial charge in [-0.05, 0) is 61.8 Å². The number of nitriles is 1. The van der Waals surface area contributed by atoms with Gasteiger partial charge in [-0.2, -0.15) is 18.4 Å². The summed E-state index contributed by atoms with van der Waals surface area (Å²) >= 11 is 3.42. The highest BCUT2D eigenvalue weighted by Crippen LogP contribution is 2.35. The average Bonchev–Trinajstić information content (AvgIpc) is 2.78. The molecule has 0 aliphatic carbocycles. The van der Waals surface area contributed by atoms with Crippen LogP contribution in [0.3, 0.4) is 0 Å². The van der Waals surface area contributed by atoms with Gasteiger partial charge in [0.25, 0.3) is 0 Å². The third-order valence-electron chi connectivity index (χ3n) is 5.54. The Kier molecular flexibility index (Phi) is 8.19. The predicted octanol–water partition coefficient (Wildman–Crippen LogP) is 6.30. The van der Waals surface area contributed by atoms with E-state index in [-0.39, 0.29) is 0 Å². The summed E-state index contributed by atoms with van der Waals surface area (Å²) in [5.41, 5.74) is 0.0719. The van der Waals surface area contributed by atoms with E-state index in [1.165, 1.54) is 17.8 Å². The quantitative estimate of drug-likeness (QED) is 0.318. The van der Waals surface area contributed by atoms with E-state index in [4.69, 9.17) is 10.00 Å². The second-order valence-corrected chi connectivity index (χ2v) is 8.42. The first-order valence-corrected chi connectivity index (χ1v) is 11.6. The van der Waals surface area contributed by atoms with Crippen LogP contribution in [0.4, 0.5) is 18.9 Å². The number of anilines is 1. The summed E-state index contributed by atoms with van der Waals surface area (Å²) in [7, 11) is 0. The van der Waals surface area contributed by atoms with Crippen molar-refractivity contribution in [2.24, 2.45) is 0 Å². The van der Waals surface area contributed by atoms with Crippen LogP contribution in [0.15, 0.2) is 36.5 Å². The molecule has 4 nitrogen and oxygen atoms in total. The monoisotopic (exact) mass is 495 g/mol. The summed E-state index contributed by atoms with van der Waals surface area (Å²) in [5, 5.41) is 9.93. The fraction of sp³-hybridized carbons (Fsp3) is 0.478. The lowest BCUT2D eigenvalue weighted by molar-refractivity contribution is -0.138. The normalized spacial score (nSPS) is 15.0. The molecule has 0 atom stereocenters. The molecule has 31 heavy (non-hydrogen) atoms. The number of hydrogen-bond donors (Lipinski definition) is 0. The standard InChI is InChI=1S/C23H25BrF3N3O/c24-10-2-1-3-13-31-20-6-4-17(5-7-20)18-8-11-30(12-9-18)19-14-21(23(25,26)27)22(15-28)29-16-19/h4-7,14,16,18H,1-3,8-13H2. The van der Waals surface area contributed by atoms with Gasteiger partial charge in [0.2, 0.25) is 0 Å². The molecule has 2 heterocycles. The number of piperidine rings is 1. The van der Waals surface area contributed by atoms with Gasteiger partial charge in [0, 0.05) is 18.4 Å². The lowest BCUT2D eigenvalue weighted by atomic mass is 9.89. The lowest BCUT2D eigenvalue weighted by Gasteiger charge is -2.34. The molecule has 0 radical (unpaired) electrons. The SMILES string of the molecule is N#Cc1ncc(N2CCC(c3ccc(OCCCCCBr)cc3)CC2)cc1C(F)(F)F. The topological polar surface area (TPSA) is 49.2 Å². The van der Waals surface area contributed by atoms with E-state index >= 15 is 0 Å².